The highest BCUT2D eigenvalue weighted by molar-refractivity contribution is 7.22. The van der Waals surface area contributed by atoms with Gasteiger partial charge in [-0.1, -0.05) is 17.4 Å². The van der Waals surface area contributed by atoms with Crippen LogP contribution < -0.4 is 9.64 Å². The van der Waals surface area contributed by atoms with Crippen molar-refractivity contribution in [1.82, 2.24) is 9.88 Å². The standard InChI is InChI=1S/C21H23F2N3O2S/c1-13-6-9-17(28-4)18-19(13)29-21(24-18)26(11-5-10-25(2)3)20(27)14-7-8-15(22)16(23)12-14/h6-9,12H,5,10-11H2,1-4H3. The maximum atomic E-state index is 13.7. The van der Waals surface area contributed by atoms with Gasteiger partial charge in [0.15, 0.2) is 16.8 Å². The van der Waals surface area contributed by atoms with Gasteiger partial charge in [-0.15, -0.1) is 0 Å². The predicted molar refractivity (Wildman–Crippen MR) is 112 cm³/mol. The minimum absolute atomic E-state index is 0.0803. The number of methoxy groups -OCH3 is 1. The first-order chi connectivity index (χ1) is 13.8. The molecule has 0 aliphatic heterocycles. The fourth-order valence-electron chi connectivity index (χ4n) is 2.99. The van der Waals surface area contributed by atoms with E-state index in [1.54, 1.807) is 7.11 Å². The number of thiazole rings is 1. The number of benzene rings is 2. The van der Waals surface area contributed by atoms with Gasteiger partial charge in [0, 0.05) is 12.1 Å². The van der Waals surface area contributed by atoms with Crippen molar-refractivity contribution in [3.8, 4) is 5.75 Å². The number of nitrogens with zero attached hydrogens (tertiary/aromatic N) is 3. The van der Waals surface area contributed by atoms with Gasteiger partial charge >= 0.3 is 0 Å². The minimum Gasteiger partial charge on any atom is -0.494 e. The minimum atomic E-state index is -1.05. The molecular weight excluding hydrogens is 396 g/mol. The molecule has 1 heterocycles. The molecule has 0 bridgehead atoms. The lowest BCUT2D eigenvalue weighted by molar-refractivity contribution is 0.0985. The van der Waals surface area contributed by atoms with Crippen LogP contribution in [0.5, 0.6) is 5.75 Å². The third-order valence-electron chi connectivity index (χ3n) is 4.54. The van der Waals surface area contributed by atoms with Gasteiger partial charge in [-0.3, -0.25) is 9.69 Å². The van der Waals surface area contributed by atoms with E-state index in [0.717, 1.165) is 28.9 Å². The van der Waals surface area contributed by atoms with E-state index < -0.39 is 17.5 Å². The smallest absolute Gasteiger partial charge is 0.260 e. The van der Waals surface area contributed by atoms with Gasteiger partial charge < -0.3 is 9.64 Å². The number of ether oxygens (including phenoxy) is 1. The SMILES string of the molecule is COc1ccc(C)c2sc(N(CCCN(C)C)C(=O)c3ccc(F)c(F)c3)nc12. The third kappa shape index (κ3) is 4.54. The van der Waals surface area contributed by atoms with Crippen molar-refractivity contribution in [3.05, 3.63) is 53.1 Å². The Balaban J connectivity index is 2.03. The molecule has 8 heteroatoms. The normalized spacial score (nSPS) is 11.3. The number of aryl methyl sites for hydroxylation is 1. The monoisotopic (exact) mass is 419 g/mol. The molecule has 29 heavy (non-hydrogen) atoms. The average molecular weight is 419 g/mol. The molecule has 0 saturated heterocycles. The molecule has 1 amide bonds. The summed E-state index contributed by atoms with van der Waals surface area (Å²) in [5.74, 6) is -1.83. The Labute approximate surface area is 172 Å². The van der Waals surface area contributed by atoms with Gasteiger partial charge in [-0.2, -0.15) is 0 Å². The number of halogens is 2. The lowest BCUT2D eigenvalue weighted by atomic mass is 10.2. The number of carbonyl (C=O) groups excluding carboxylic acids is 1. The van der Waals surface area contributed by atoms with E-state index in [9.17, 15) is 13.6 Å². The first-order valence-corrected chi connectivity index (χ1v) is 9.99. The molecule has 3 rings (SSSR count). The fourth-order valence-corrected chi connectivity index (χ4v) is 4.07. The van der Waals surface area contributed by atoms with Crippen molar-refractivity contribution in [3.63, 3.8) is 0 Å². The summed E-state index contributed by atoms with van der Waals surface area (Å²) >= 11 is 1.38. The highest BCUT2D eigenvalue weighted by Gasteiger charge is 2.23. The maximum Gasteiger partial charge on any atom is 0.260 e. The lowest BCUT2D eigenvalue weighted by Gasteiger charge is -2.21. The van der Waals surface area contributed by atoms with Crippen LogP contribution in [0.15, 0.2) is 30.3 Å². The summed E-state index contributed by atoms with van der Waals surface area (Å²) in [5.41, 5.74) is 1.79. The molecule has 0 saturated carbocycles. The molecule has 0 aliphatic carbocycles. The number of aromatic nitrogens is 1. The Morgan fingerprint density at radius 2 is 1.90 bits per heavy atom. The first kappa shape index (κ1) is 21.1. The summed E-state index contributed by atoms with van der Waals surface area (Å²) < 4.78 is 33.3. The van der Waals surface area contributed by atoms with E-state index in [1.165, 1.54) is 22.3 Å². The number of carbonyl (C=O) groups is 1. The largest absolute Gasteiger partial charge is 0.494 e. The molecule has 2 aromatic carbocycles. The number of anilines is 1. The van der Waals surface area contributed by atoms with Gasteiger partial charge in [-0.25, -0.2) is 13.8 Å². The van der Waals surface area contributed by atoms with Crippen LogP contribution in [-0.2, 0) is 0 Å². The van der Waals surface area contributed by atoms with Crippen LogP contribution >= 0.6 is 11.3 Å². The number of hydrogen-bond donors (Lipinski definition) is 0. The summed E-state index contributed by atoms with van der Waals surface area (Å²) in [6.07, 6.45) is 0.703. The second kappa shape index (κ2) is 8.84. The quantitative estimate of drug-likeness (QED) is 0.566. The highest BCUT2D eigenvalue weighted by Crippen LogP contribution is 2.37. The van der Waals surface area contributed by atoms with Crippen LogP contribution in [0.1, 0.15) is 22.3 Å². The first-order valence-electron chi connectivity index (χ1n) is 9.17. The summed E-state index contributed by atoms with van der Waals surface area (Å²) in [7, 11) is 5.48. The van der Waals surface area contributed by atoms with E-state index in [-0.39, 0.29) is 5.56 Å². The Bertz CT molecular complexity index is 1040. The summed E-state index contributed by atoms with van der Waals surface area (Å²) in [5, 5.41) is 0.501. The van der Waals surface area contributed by atoms with E-state index in [2.05, 4.69) is 4.98 Å². The molecule has 0 fully saturated rings. The maximum absolute atomic E-state index is 13.7. The Morgan fingerprint density at radius 3 is 2.55 bits per heavy atom. The van der Waals surface area contributed by atoms with Crippen molar-refractivity contribution in [2.45, 2.75) is 13.3 Å². The second-order valence-corrected chi connectivity index (χ2v) is 7.98. The Morgan fingerprint density at radius 1 is 1.14 bits per heavy atom. The molecule has 0 unspecified atom stereocenters. The highest BCUT2D eigenvalue weighted by atomic mass is 32.1. The molecule has 0 radical (unpaired) electrons. The zero-order valence-corrected chi connectivity index (χ0v) is 17.6. The van der Waals surface area contributed by atoms with Crippen LogP contribution in [0.4, 0.5) is 13.9 Å². The summed E-state index contributed by atoms with van der Waals surface area (Å²) in [6, 6.07) is 6.96. The molecule has 5 nitrogen and oxygen atoms in total. The second-order valence-electron chi connectivity index (χ2n) is 7.00. The van der Waals surface area contributed by atoms with Gasteiger partial charge in [0.1, 0.15) is 11.3 Å². The molecular formula is C21H23F2N3O2S. The van der Waals surface area contributed by atoms with E-state index in [4.69, 9.17) is 4.74 Å². The molecule has 0 atom stereocenters. The third-order valence-corrected chi connectivity index (χ3v) is 5.76. The van der Waals surface area contributed by atoms with E-state index >= 15 is 0 Å². The van der Waals surface area contributed by atoms with Gasteiger partial charge in [0.25, 0.3) is 5.91 Å². The van der Waals surface area contributed by atoms with Crippen LogP contribution in [-0.4, -0.2) is 50.1 Å². The van der Waals surface area contributed by atoms with Crippen molar-refractivity contribution >= 4 is 32.6 Å². The molecule has 154 valence electrons. The Hall–Kier alpha value is -2.58. The number of hydrogen-bond acceptors (Lipinski definition) is 5. The lowest BCUT2D eigenvalue weighted by Crippen LogP contribution is -2.33. The zero-order chi connectivity index (χ0) is 21.1. The van der Waals surface area contributed by atoms with E-state index in [0.29, 0.717) is 29.4 Å². The molecule has 1 aromatic heterocycles. The molecule has 3 aromatic rings. The van der Waals surface area contributed by atoms with Gasteiger partial charge in [-0.05, 0) is 63.8 Å². The number of rotatable bonds is 7. The van der Waals surface area contributed by atoms with Crippen LogP contribution in [0.2, 0.25) is 0 Å². The fraction of sp³-hybridized carbons (Fsp3) is 0.333. The zero-order valence-electron chi connectivity index (χ0n) is 16.8. The van der Waals surface area contributed by atoms with Gasteiger partial charge in [0.05, 0.1) is 11.8 Å². The van der Waals surface area contributed by atoms with Crippen molar-refractivity contribution in [2.75, 3.05) is 39.2 Å². The molecule has 0 spiro atoms. The van der Waals surface area contributed by atoms with Crippen LogP contribution in [0.3, 0.4) is 0 Å². The van der Waals surface area contributed by atoms with Gasteiger partial charge in [0.2, 0.25) is 0 Å². The summed E-state index contributed by atoms with van der Waals surface area (Å²) in [4.78, 5) is 21.4. The Kier molecular flexibility index (Phi) is 6.44. The number of fused-ring (bicyclic) bond motifs is 1. The van der Waals surface area contributed by atoms with E-state index in [1.807, 2.05) is 38.1 Å². The van der Waals surface area contributed by atoms with Crippen LogP contribution in [0, 0.1) is 18.6 Å². The average Bonchev–Trinajstić information content (AvgIpc) is 3.13. The van der Waals surface area contributed by atoms with Crippen molar-refractivity contribution < 1.29 is 18.3 Å². The van der Waals surface area contributed by atoms with Crippen LogP contribution in [0.25, 0.3) is 10.2 Å². The predicted octanol–water partition coefficient (Wildman–Crippen LogP) is 4.49. The molecule has 0 aliphatic rings. The topological polar surface area (TPSA) is 45.7 Å². The van der Waals surface area contributed by atoms with Crippen molar-refractivity contribution in [1.29, 1.82) is 0 Å². The van der Waals surface area contributed by atoms with Crippen molar-refractivity contribution in [2.24, 2.45) is 0 Å². The number of amides is 1. The summed E-state index contributed by atoms with van der Waals surface area (Å²) in [6.45, 7) is 3.14. The molecule has 0 N–H and O–H groups in total.